The highest BCUT2D eigenvalue weighted by Gasteiger charge is 1.97. The monoisotopic (exact) mass is 399 g/mol. The van der Waals surface area contributed by atoms with Crippen LogP contribution in [-0.2, 0) is 4.74 Å². The average Bonchev–Trinajstić information content (AvgIpc) is 2.38. The first-order valence-electron chi connectivity index (χ1n) is 7.71. The lowest BCUT2D eigenvalue weighted by atomic mass is 10.1. The van der Waals surface area contributed by atoms with E-state index in [0.29, 0.717) is 0 Å². The molecular weight excluding hydrogens is 365 g/mol. The summed E-state index contributed by atoms with van der Waals surface area (Å²) in [5.74, 6) is 1.73. The van der Waals surface area contributed by atoms with Crippen LogP contribution in [0.5, 0.6) is 0 Å². The van der Waals surface area contributed by atoms with Crippen molar-refractivity contribution in [3.8, 4) is 0 Å². The number of ether oxygens (including phenoxy) is 1. The SMILES string of the molecule is CCNC(=NCCCC(C)C)NCCCCCOC.I. The molecule has 0 radical (unpaired) electrons. The Hall–Kier alpha value is -0.0400. The minimum Gasteiger partial charge on any atom is -0.385 e. The Morgan fingerprint density at radius 2 is 1.85 bits per heavy atom. The Balaban J connectivity index is 0. The predicted octanol–water partition coefficient (Wildman–Crippen LogP) is 3.41. The van der Waals surface area contributed by atoms with Gasteiger partial charge in [0.1, 0.15) is 0 Å². The van der Waals surface area contributed by atoms with Gasteiger partial charge >= 0.3 is 0 Å². The van der Waals surface area contributed by atoms with Gasteiger partial charge in [-0.15, -0.1) is 24.0 Å². The number of guanidine groups is 1. The summed E-state index contributed by atoms with van der Waals surface area (Å²) in [4.78, 5) is 4.59. The molecule has 0 fully saturated rings. The first-order chi connectivity index (χ1) is 9.20. The maximum absolute atomic E-state index is 5.04. The van der Waals surface area contributed by atoms with Gasteiger partial charge in [0.2, 0.25) is 0 Å². The van der Waals surface area contributed by atoms with E-state index in [0.717, 1.165) is 44.5 Å². The van der Waals surface area contributed by atoms with Gasteiger partial charge < -0.3 is 15.4 Å². The Bertz CT molecular complexity index is 223. The molecule has 0 bridgehead atoms. The summed E-state index contributed by atoms with van der Waals surface area (Å²) < 4.78 is 5.04. The van der Waals surface area contributed by atoms with Crippen molar-refractivity contribution in [3.63, 3.8) is 0 Å². The molecule has 0 aromatic rings. The van der Waals surface area contributed by atoms with E-state index in [1.54, 1.807) is 7.11 Å². The molecule has 0 unspecified atom stereocenters. The third-order valence-electron chi connectivity index (χ3n) is 2.87. The molecule has 2 N–H and O–H groups in total. The number of halogens is 1. The van der Waals surface area contributed by atoms with Crippen LogP contribution >= 0.6 is 24.0 Å². The van der Waals surface area contributed by atoms with Crippen molar-refractivity contribution in [1.82, 2.24) is 10.6 Å². The number of nitrogens with zero attached hydrogens (tertiary/aromatic N) is 1. The fraction of sp³-hybridized carbons (Fsp3) is 0.933. The third-order valence-corrected chi connectivity index (χ3v) is 2.87. The molecule has 0 saturated heterocycles. The zero-order valence-electron chi connectivity index (χ0n) is 13.7. The standard InChI is InChI=1S/C15H33N3O.HI/c1-5-16-15(18-12-9-10-14(2)3)17-11-7-6-8-13-19-4;/h14H,5-13H2,1-4H3,(H2,16,17,18);1H. The molecule has 0 aromatic carbocycles. The Morgan fingerprint density at radius 3 is 2.45 bits per heavy atom. The minimum absolute atomic E-state index is 0. The Morgan fingerprint density at radius 1 is 1.10 bits per heavy atom. The number of hydrogen-bond acceptors (Lipinski definition) is 2. The predicted molar refractivity (Wildman–Crippen MR) is 99.2 cm³/mol. The molecule has 0 aliphatic carbocycles. The molecule has 20 heavy (non-hydrogen) atoms. The van der Waals surface area contributed by atoms with Crippen molar-refractivity contribution in [3.05, 3.63) is 0 Å². The van der Waals surface area contributed by atoms with E-state index in [9.17, 15) is 0 Å². The van der Waals surface area contributed by atoms with Crippen LogP contribution in [0.2, 0.25) is 0 Å². The second-order valence-corrected chi connectivity index (χ2v) is 5.28. The summed E-state index contributed by atoms with van der Waals surface area (Å²) in [6, 6.07) is 0. The lowest BCUT2D eigenvalue weighted by Gasteiger charge is -2.11. The summed E-state index contributed by atoms with van der Waals surface area (Å²) in [6.07, 6.45) is 5.93. The normalized spacial score (nSPS) is 11.3. The van der Waals surface area contributed by atoms with E-state index < -0.39 is 0 Å². The molecule has 122 valence electrons. The smallest absolute Gasteiger partial charge is 0.191 e. The van der Waals surface area contributed by atoms with Gasteiger partial charge in [-0.2, -0.15) is 0 Å². The minimum atomic E-state index is 0. The molecule has 0 atom stereocenters. The number of nitrogens with one attached hydrogen (secondary N) is 2. The van der Waals surface area contributed by atoms with Crippen LogP contribution in [0.1, 0.15) is 52.9 Å². The third kappa shape index (κ3) is 16.0. The fourth-order valence-electron chi connectivity index (χ4n) is 1.79. The second-order valence-electron chi connectivity index (χ2n) is 5.28. The largest absolute Gasteiger partial charge is 0.385 e. The summed E-state index contributed by atoms with van der Waals surface area (Å²) in [5, 5.41) is 6.67. The van der Waals surface area contributed by atoms with Crippen molar-refractivity contribution in [2.75, 3.05) is 33.4 Å². The van der Waals surface area contributed by atoms with E-state index in [-0.39, 0.29) is 24.0 Å². The van der Waals surface area contributed by atoms with Crippen molar-refractivity contribution >= 4 is 29.9 Å². The Labute approximate surface area is 142 Å². The van der Waals surface area contributed by atoms with Gasteiger partial charge in [0, 0.05) is 33.4 Å². The first kappa shape index (κ1) is 22.2. The quantitative estimate of drug-likeness (QED) is 0.242. The van der Waals surface area contributed by atoms with E-state index in [4.69, 9.17) is 4.74 Å². The lowest BCUT2D eigenvalue weighted by Crippen LogP contribution is -2.37. The molecule has 0 aliphatic heterocycles. The van der Waals surface area contributed by atoms with Gasteiger partial charge in [-0.25, -0.2) is 0 Å². The highest BCUT2D eigenvalue weighted by atomic mass is 127. The number of hydrogen-bond donors (Lipinski definition) is 2. The van der Waals surface area contributed by atoms with E-state index in [2.05, 4.69) is 36.4 Å². The molecule has 0 rings (SSSR count). The van der Waals surface area contributed by atoms with E-state index in [1.807, 2.05) is 0 Å². The summed E-state index contributed by atoms with van der Waals surface area (Å²) in [7, 11) is 1.76. The van der Waals surface area contributed by atoms with Crippen LogP contribution in [0.3, 0.4) is 0 Å². The van der Waals surface area contributed by atoms with Gasteiger partial charge in [0.15, 0.2) is 5.96 Å². The zero-order valence-corrected chi connectivity index (χ0v) is 16.0. The highest BCUT2D eigenvalue weighted by Crippen LogP contribution is 2.02. The summed E-state index contributed by atoms with van der Waals surface area (Å²) in [6.45, 7) is 10.3. The second kappa shape index (κ2) is 17.0. The van der Waals surface area contributed by atoms with Gasteiger partial charge in [0.05, 0.1) is 0 Å². The molecule has 0 amide bonds. The van der Waals surface area contributed by atoms with Crippen molar-refractivity contribution < 1.29 is 4.74 Å². The maximum atomic E-state index is 5.04. The van der Waals surface area contributed by atoms with Crippen LogP contribution in [0.25, 0.3) is 0 Å². The van der Waals surface area contributed by atoms with Gasteiger partial charge in [0.25, 0.3) is 0 Å². The number of methoxy groups -OCH3 is 1. The Kier molecular flexibility index (Phi) is 18.9. The molecule has 4 nitrogen and oxygen atoms in total. The van der Waals surface area contributed by atoms with Gasteiger partial charge in [-0.05, 0) is 44.9 Å². The number of unbranched alkanes of at least 4 members (excludes halogenated alkanes) is 2. The molecule has 0 heterocycles. The van der Waals surface area contributed by atoms with Crippen LogP contribution in [0, 0.1) is 5.92 Å². The number of rotatable bonds is 11. The van der Waals surface area contributed by atoms with Crippen molar-refractivity contribution in [1.29, 1.82) is 0 Å². The van der Waals surface area contributed by atoms with Crippen LogP contribution < -0.4 is 10.6 Å². The summed E-state index contributed by atoms with van der Waals surface area (Å²) >= 11 is 0. The fourth-order valence-corrected chi connectivity index (χ4v) is 1.79. The van der Waals surface area contributed by atoms with Gasteiger partial charge in [-0.1, -0.05) is 13.8 Å². The molecule has 0 aliphatic rings. The topological polar surface area (TPSA) is 45.7 Å². The van der Waals surface area contributed by atoms with Crippen LogP contribution in [-0.4, -0.2) is 39.3 Å². The summed E-state index contributed by atoms with van der Waals surface area (Å²) in [5.41, 5.74) is 0. The maximum Gasteiger partial charge on any atom is 0.191 e. The molecule has 5 heteroatoms. The molecule has 0 saturated carbocycles. The number of aliphatic imine (C=N–C) groups is 1. The zero-order chi connectivity index (χ0) is 14.3. The van der Waals surface area contributed by atoms with E-state index >= 15 is 0 Å². The van der Waals surface area contributed by atoms with Crippen molar-refractivity contribution in [2.24, 2.45) is 10.9 Å². The lowest BCUT2D eigenvalue weighted by molar-refractivity contribution is 0.192. The average molecular weight is 399 g/mol. The van der Waals surface area contributed by atoms with E-state index in [1.165, 1.54) is 25.7 Å². The van der Waals surface area contributed by atoms with Crippen LogP contribution in [0.4, 0.5) is 0 Å². The first-order valence-corrected chi connectivity index (χ1v) is 7.71. The molecule has 0 spiro atoms. The van der Waals surface area contributed by atoms with Gasteiger partial charge in [-0.3, -0.25) is 4.99 Å². The van der Waals surface area contributed by atoms with Crippen molar-refractivity contribution in [2.45, 2.75) is 52.9 Å². The van der Waals surface area contributed by atoms with Crippen LogP contribution in [0.15, 0.2) is 4.99 Å². The molecular formula is C15H34IN3O. The molecule has 0 aromatic heterocycles. The highest BCUT2D eigenvalue weighted by molar-refractivity contribution is 14.0.